The van der Waals surface area contributed by atoms with Crippen molar-refractivity contribution in [1.82, 2.24) is 0 Å². The molecule has 0 aromatic heterocycles. The van der Waals surface area contributed by atoms with Crippen molar-refractivity contribution < 1.29 is 40.6 Å². The summed E-state index contributed by atoms with van der Waals surface area (Å²) < 4.78 is 93.5. The number of alkyl halides is 6. The SMILES string of the molecule is O=C(Cc1ccc(Br)cc1)Nc1ccc(-c2ccc(C(O)(C(F)(F)F)C(F)(F)F)cc2F)cc1. The van der Waals surface area contributed by atoms with Gasteiger partial charge in [0, 0.05) is 21.3 Å². The Balaban J connectivity index is 1.79. The fourth-order valence-electron chi connectivity index (χ4n) is 3.19. The van der Waals surface area contributed by atoms with Crippen molar-refractivity contribution in [3.8, 4) is 11.1 Å². The third-order valence-corrected chi connectivity index (χ3v) is 5.49. The Morgan fingerprint density at radius 2 is 1.41 bits per heavy atom. The molecular weight excluding hydrogens is 535 g/mol. The molecule has 0 atom stereocenters. The molecule has 0 aliphatic heterocycles. The van der Waals surface area contributed by atoms with E-state index in [9.17, 15) is 40.6 Å². The molecule has 3 nitrogen and oxygen atoms in total. The second kappa shape index (κ2) is 9.38. The highest BCUT2D eigenvalue weighted by Crippen LogP contribution is 2.50. The van der Waals surface area contributed by atoms with Gasteiger partial charge in [-0.25, -0.2) is 4.39 Å². The quantitative estimate of drug-likeness (QED) is 0.346. The maximum absolute atomic E-state index is 14.5. The lowest BCUT2D eigenvalue weighted by atomic mass is 9.90. The maximum Gasteiger partial charge on any atom is 0.430 e. The first kappa shape index (κ1) is 25.7. The summed E-state index contributed by atoms with van der Waals surface area (Å²) in [5.74, 6) is -1.72. The number of rotatable bonds is 5. The molecule has 1 amide bonds. The lowest BCUT2D eigenvalue weighted by Crippen LogP contribution is -2.53. The van der Waals surface area contributed by atoms with Gasteiger partial charge >= 0.3 is 12.4 Å². The summed E-state index contributed by atoms with van der Waals surface area (Å²) in [7, 11) is 0. The van der Waals surface area contributed by atoms with Crippen LogP contribution in [-0.4, -0.2) is 23.4 Å². The molecule has 0 unspecified atom stereocenters. The molecule has 11 heteroatoms. The van der Waals surface area contributed by atoms with Gasteiger partial charge in [0.05, 0.1) is 6.42 Å². The first-order chi connectivity index (χ1) is 15.7. The largest absolute Gasteiger partial charge is 0.430 e. The Kier molecular flexibility index (Phi) is 7.09. The van der Waals surface area contributed by atoms with E-state index in [0.717, 1.165) is 10.0 Å². The van der Waals surface area contributed by atoms with Gasteiger partial charge < -0.3 is 10.4 Å². The predicted molar refractivity (Wildman–Crippen MR) is 114 cm³/mol. The summed E-state index contributed by atoms with van der Waals surface area (Å²) in [6.45, 7) is 0. The zero-order valence-electron chi connectivity index (χ0n) is 16.9. The molecule has 2 N–H and O–H groups in total. The molecule has 0 spiro atoms. The Morgan fingerprint density at radius 3 is 1.91 bits per heavy atom. The number of aliphatic hydroxyl groups is 1. The number of halogens is 8. The van der Waals surface area contributed by atoms with Gasteiger partial charge in [-0.3, -0.25) is 4.79 Å². The molecule has 3 rings (SSSR count). The Bertz CT molecular complexity index is 1160. The fraction of sp³-hybridized carbons (Fsp3) is 0.174. The van der Waals surface area contributed by atoms with Gasteiger partial charge in [-0.05, 0) is 41.5 Å². The van der Waals surface area contributed by atoms with Crippen LogP contribution in [0.4, 0.5) is 36.4 Å². The minimum absolute atomic E-state index is 0.00418. The third-order valence-electron chi connectivity index (χ3n) is 4.96. The molecule has 0 heterocycles. The molecule has 0 bridgehead atoms. The van der Waals surface area contributed by atoms with E-state index in [1.54, 1.807) is 24.3 Å². The van der Waals surface area contributed by atoms with Crippen LogP contribution >= 0.6 is 15.9 Å². The monoisotopic (exact) mass is 549 g/mol. The number of hydrogen-bond donors (Lipinski definition) is 2. The smallest absolute Gasteiger partial charge is 0.369 e. The topological polar surface area (TPSA) is 49.3 Å². The molecule has 180 valence electrons. The van der Waals surface area contributed by atoms with Crippen LogP contribution in [0.3, 0.4) is 0 Å². The highest BCUT2D eigenvalue weighted by Gasteiger charge is 2.71. The average Bonchev–Trinajstić information content (AvgIpc) is 2.74. The van der Waals surface area contributed by atoms with Crippen LogP contribution in [0.25, 0.3) is 11.1 Å². The van der Waals surface area contributed by atoms with Crippen molar-refractivity contribution in [3.05, 3.63) is 88.1 Å². The number of carbonyl (C=O) groups excluding carboxylic acids is 1. The highest BCUT2D eigenvalue weighted by molar-refractivity contribution is 9.10. The van der Waals surface area contributed by atoms with E-state index in [1.165, 1.54) is 24.3 Å². The van der Waals surface area contributed by atoms with E-state index >= 15 is 0 Å². The molecule has 0 saturated heterocycles. The zero-order chi connectivity index (χ0) is 25.3. The predicted octanol–water partition coefficient (Wildman–Crippen LogP) is 6.75. The van der Waals surface area contributed by atoms with E-state index in [2.05, 4.69) is 21.2 Å². The average molecular weight is 550 g/mol. The standard InChI is InChI=1S/C23H15BrF7NO2/c24-16-6-1-13(2-7-16)11-20(33)32-17-8-3-14(4-9-17)18-10-5-15(12-19(18)25)21(34,22(26,27)28)23(29,30)31/h1-10,12,34H,11H2,(H,32,33). The molecule has 0 aliphatic carbocycles. The van der Waals surface area contributed by atoms with Crippen LogP contribution in [-0.2, 0) is 16.8 Å². The van der Waals surface area contributed by atoms with E-state index < -0.39 is 29.3 Å². The minimum Gasteiger partial charge on any atom is -0.369 e. The number of anilines is 1. The summed E-state index contributed by atoms with van der Waals surface area (Å²) in [6.07, 6.45) is -12.1. The lowest BCUT2D eigenvalue weighted by Gasteiger charge is -2.32. The van der Waals surface area contributed by atoms with Crippen LogP contribution in [0.2, 0.25) is 0 Å². The van der Waals surface area contributed by atoms with Gasteiger partial charge in [0.15, 0.2) is 0 Å². The highest BCUT2D eigenvalue weighted by atomic mass is 79.9. The van der Waals surface area contributed by atoms with E-state index in [1.807, 2.05) is 0 Å². The number of amides is 1. The fourth-order valence-corrected chi connectivity index (χ4v) is 3.45. The number of carbonyl (C=O) groups is 1. The normalized spacial score (nSPS) is 12.5. The van der Waals surface area contributed by atoms with Crippen molar-refractivity contribution in [3.63, 3.8) is 0 Å². The van der Waals surface area contributed by atoms with Crippen LogP contribution in [0.5, 0.6) is 0 Å². The first-order valence-electron chi connectivity index (χ1n) is 9.53. The summed E-state index contributed by atoms with van der Waals surface area (Å²) >= 11 is 3.29. The van der Waals surface area contributed by atoms with Gasteiger partial charge in [0.1, 0.15) is 5.82 Å². The Hall–Kier alpha value is -2.92. The molecule has 0 radical (unpaired) electrons. The van der Waals surface area contributed by atoms with Crippen molar-refractivity contribution in [2.75, 3.05) is 5.32 Å². The van der Waals surface area contributed by atoms with Crippen molar-refractivity contribution in [2.24, 2.45) is 0 Å². The molecule has 0 aliphatic rings. The molecular formula is C23H15BrF7NO2. The minimum atomic E-state index is -6.12. The van der Waals surface area contributed by atoms with Crippen molar-refractivity contribution in [2.45, 2.75) is 24.4 Å². The first-order valence-corrected chi connectivity index (χ1v) is 10.3. The van der Waals surface area contributed by atoms with Crippen LogP contribution in [0, 0.1) is 5.82 Å². The van der Waals surface area contributed by atoms with Gasteiger partial charge in [-0.15, -0.1) is 0 Å². The maximum atomic E-state index is 14.5. The van der Waals surface area contributed by atoms with E-state index in [0.29, 0.717) is 17.8 Å². The van der Waals surface area contributed by atoms with Crippen LogP contribution in [0.1, 0.15) is 11.1 Å². The molecule has 3 aromatic carbocycles. The summed E-state index contributed by atoms with van der Waals surface area (Å²) in [6, 6.07) is 13.7. The molecule has 0 fully saturated rings. The number of hydrogen-bond acceptors (Lipinski definition) is 2. The molecule has 3 aromatic rings. The lowest BCUT2D eigenvalue weighted by molar-refractivity contribution is -0.376. The second-order valence-electron chi connectivity index (χ2n) is 7.33. The Labute approximate surface area is 197 Å². The third kappa shape index (κ3) is 5.25. The van der Waals surface area contributed by atoms with Crippen molar-refractivity contribution in [1.29, 1.82) is 0 Å². The summed E-state index contributed by atoms with van der Waals surface area (Å²) in [4.78, 5) is 12.2. The van der Waals surface area contributed by atoms with Crippen molar-refractivity contribution >= 4 is 27.5 Å². The molecule has 34 heavy (non-hydrogen) atoms. The van der Waals surface area contributed by atoms with Crippen LogP contribution in [0.15, 0.2) is 71.2 Å². The van der Waals surface area contributed by atoms with Gasteiger partial charge in [0.2, 0.25) is 5.91 Å². The molecule has 0 saturated carbocycles. The van der Waals surface area contributed by atoms with Gasteiger partial charge in [-0.1, -0.05) is 52.3 Å². The van der Waals surface area contributed by atoms with E-state index in [-0.39, 0.29) is 29.5 Å². The summed E-state index contributed by atoms with van der Waals surface area (Å²) in [5, 5.41) is 12.1. The van der Waals surface area contributed by atoms with Gasteiger partial charge in [-0.2, -0.15) is 26.3 Å². The Morgan fingerprint density at radius 1 is 0.853 bits per heavy atom. The van der Waals surface area contributed by atoms with Crippen LogP contribution < -0.4 is 5.32 Å². The second-order valence-corrected chi connectivity index (χ2v) is 8.24. The van der Waals surface area contributed by atoms with Gasteiger partial charge in [0.25, 0.3) is 5.60 Å². The number of nitrogens with one attached hydrogen (secondary N) is 1. The van der Waals surface area contributed by atoms with E-state index in [4.69, 9.17) is 0 Å². The zero-order valence-corrected chi connectivity index (χ0v) is 18.5. The number of benzene rings is 3. The summed E-state index contributed by atoms with van der Waals surface area (Å²) in [5.41, 5.74) is -5.95.